The molecule has 1 saturated heterocycles. The third-order valence-electron chi connectivity index (χ3n) is 5.36. The molecular weight excluding hydrogens is 396 g/mol. The minimum atomic E-state index is -1.02. The fourth-order valence-electron chi connectivity index (χ4n) is 3.73. The van der Waals surface area contributed by atoms with Crippen LogP contribution in [0.2, 0.25) is 0 Å². The maximum absolute atomic E-state index is 12.6. The summed E-state index contributed by atoms with van der Waals surface area (Å²) in [6.07, 6.45) is 2.99. The number of benzene rings is 1. The van der Waals surface area contributed by atoms with Crippen molar-refractivity contribution >= 4 is 11.9 Å². The normalized spacial score (nSPS) is 18.0. The van der Waals surface area contributed by atoms with Crippen LogP contribution in [0.5, 0.6) is 5.75 Å². The van der Waals surface area contributed by atoms with Crippen molar-refractivity contribution in [2.75, 3.05) is 18.0 Å². The first-order chi connectivity index (χ1) is 14.9. The van der Waals surface area contributed by atoms with Gasteiger partial charge in [-0.2, -0.15) is 0 Å². The van der Waals surface area contributed by atoms with Gasteiger partial charge in [-0.3, -0.25) is 9.36 Å². The van der Waals surface area contributed by atoms with Crippen LogP contribution in [0.3, 0.4) is 0 Å². The van der Waals surface area contributed by atoms with Gasteiger partial charge in [0.1, 0.15) is 18.2 Å². The standard InChI is InChI=1S/C23H24N4O4/c1-23(25-22(29)30)10-12-26(16-23)20-8-7-18(14-24-20)27-11-9-19(13-21(27)28)31-15-17-5-3-2-4-6-17/h2-9,11,13-14,25H,10,12,15-16H2,1H3,(H,29,30). The van der Waals surface area contributed by atoms with Crippen molar-refractivity contribution in [1.29, 1.82) is 0 Å². The molecule has 8 heteroatoms. The second kappa shape index (κ2) is 8.51. The van der Waals surface area contributed by atoms with E-state index in [9.17, 15) is 9.59 Å². The van der Waals surface area contributed by atoms with Gasteiger partial charge < -0.3 is 20.1 Å². The van der Waals surface area contributed by atoms with Gasteiger partial charge in [0.15, 0.2) is 0 Å². The van der Waals surface area contributed by atoms with Gasteiger partial charge in [0.2, 0.25) is 0 Å². The number of carbonyl (C=O) groups is 1. The first kappa shape index (κ1) is 20.5. The quantitative estimate of drug-likeness (QED) is 0.636. The van der Waals surface area contributed by atoms with Crippen molar-refractivity contribution in [3.05, 3.63) is 82.9 Å². The SMILES string of the molecule is CC1(NC(=O)O)CCN(c2ccc(-n3ccc(OCc4ccccc4)cc3=O)cn2)C1. The number of rotatable bonds is 6. The third-order valence-corrected chi connectivity index (χ3v) is 5.36. The molecule has 0 bridgehead atoms. The number of pyridine rings is 2. The predicted octanol–water partition coefficient (Wildman–Crippen LogP) is 3.05. The van der Waals surface area contributed by atoms with Crippen LogP contribution in [0.15, 0.2) is 71.8 Å². The maximum Gasteiger partial charge on any atom is 0.405 e. The number of nitrogens with one attached hydrogen (secondary N) is 1. The summed E-state index contributed by atoms with van der Waals surface area (Å²) < 4.78 is 7.22. The van der Waals surface area contributed by atoms with Gasteiger partial charge in [0.05, 0.1) is 17.4 Å². The van der Waals surface area contributed by atoms with Crippen LogP contribution >= 0.6 is 0 Å². The smallest absolute Gasteiger partial charge is 0.405 e. The Kier molecular flexibility index (Phi) is 5.62. The van der Waals surface area contributed by atoms with E-state index in [1.54, 1.807) is 18.5 Å². The summed E-state index contributed by atoms with van der Waals surface area (Å²) in [5.41, 5.74) is 0.968. The first-order valence-electron chi connectivity index (χ1n) is 10.0. The number of anilines is 1. The minimum absolute atomic E-state index is 0.209. The molecule has 1 aromatic carbocycles. The number of hydrogen-bond donors (Lipinski definition) is 2. The fourth-order valence-corrected chi connectivity index (χ4v) is 3.73. The lowest BCUT2D eigenvalue weighted by molar-refractivity contribution is 0.182. The van der Waals surface area contributed by atoms with Gasteiger partial charge in [-0.15, -0.1) is 0 Å². The van der Waals surface area contributed by atoms with Gasteiger partial charge in [0, 0.05) is 25.4 Å². The van der Waals surface area contributed by atoms with Gasteiger partial charge in [0.25, 0.3) is 5.56 Å². The molecule has 8 nitrogen and oxygen atoms in total. The molecule has 0 radical (unpaired) electrons. The van der Waals surface area contributed by atoms with Crippen LogP contribution in [-0.2, 0) is 6.61 Å². The molecule has 1 amide bonds. The van der Waals surface area contributed by atoms with Crippen LogP contribution in [0, 0.1) is 0 Å². The predicted molar refractivity (Wildman–Crippen MR) is 117 cm³/mol. The van der Waals surface area contributed by atoms with E-state index in [2.05, 4.69) is 10.3 Å². The van der Waals surface area contributed by atoms with Gasteiger partial charge in [-0.05, 0) is 37.1 Å². The summed E-state index contributed by atoms with van der Waals surface area (Å²) >= 11 is 0. The van der Waals surface area contributed by atoms with E-state index < -0.39 is 11.6 Å². The highest BCUT2D eigenvalue weighted by Gasteiger charge is 2.35. The zero-order chi connectivity index (χ0) is 21.8. The molecule has 3 heterocycles. The summed E-state index contributed by atoms with van der Waals surface area (Å²) in [5, 5.41) is 11.6. The van der Waals surface area contributed by atoms with E-state index in [1.165, 1.54) is 10.6 Å². The molecule has 4 rings (SSSR count). The monoisotopic (exact) mass is 420 g/mol. The molecule has 0 aliphatic carbocycles. The Labute approximate surface area is 179 Å². The Morgan fingerprint density at radius 1 is 1.23 bits per heavy atom. The van der Waals surface area contributed by atoms with Crippen molar-refractivity contribution in [1.82, 2.24) is 14.9 Å². The van der Waals surface area contributed by atoms with E-state index in [0.717, 1.165) is 11.4 Å². The summed E-state index contributed by atoms with van der Waals surface area (Å²) in [4.78, 5) is 30.1. The molecule has 2 aromatic heterocycles. The Bertz CT molecular complexity index is 1110. The Hall–Kier alpha value is -3.81. The molecule has 31 heavy (non-hydrogen) atoms. The third kappa shape index (κ3) is 4.85. The van der Waals surface area contributed by atoms with Gasteiger partial charge in [-0.1, -0.05) is 30.3 Å². The highest BCUT2D eigenvalue weighted by Crippen LogP contribution is 2.25. The van der Waals surface area contributed by atoms with Crippen LogP contribution in [0.1, 0.15) is 18.9 Å². The summed E-state index contributed by atoms with van der Waals surface area (Å²) in [7, 11) is 0. The van der Waals surface area contributed by atoms with Crippen LogP contribution < -0.4 is 20.5 Å². The lowest BCUT2D eigenvalue weighted by Gasteiger charge is -2.25. The molecule has 3 aromatic rings. The summed E-state index contributed by atoms with van der Waals surface area (Å²) in [6, 6.07) is 16.6. The van der Waals surface area contributed by atoms with Gasteiger partial charge in [-0.25, -0.2) is 9.78 Å². The Balaban J connectivity index is 1.43. The van der Waals surface area contributed by atoms with E-state index in [1.807, 2.05) is 54.3 Å². The zero-order valence-corrected chi connectivity index (χ0v) is 17.2. The first-order valence-corrected chi connectivity index (χ1v) is 10.0. The topological polar surface area (TPSA) is 96.7 Å². The van der Waals surface area contributed by atoms with Crippen molar-refractivity contribution in [3.8, 4) is 11.4 Å². The van der Waals surface area contributed by atoms with Crippen LogP contribution in [0.25, 0.3) is 5.69 Å². The second-order valence-corrected chi connectivity index (χ2v) is 7.88. The number of aromatic nitrogens is 2. The van der Waals surface area contributed by atoms with Crippen molar-refractivity contribution in [2.45, 2.75) is 25.5 Å². The molecule has 1 atom stereocenters. The minimum Gasteiger partial charge on any atom is -0.489 e. The molecular formula is C23H24N4O4. The van der Waals surface area contributed by atoms with E-state index in [4.69, 9.17) is 9.84 Å². The van der Waals surface area contributed by atoms with E-state index >= 15 is 0 Å². The number of ether oxygens (including phenoxy) is 1. The number of carboxylic acid groups (broad SMARTS) is 1. The molecule has 0 spiro atoms. The molecule has 1 unspecified atom stereocenters. The van der Waals surface area contributed by atoms with E-state index in [0.29, 0.717) is 37.6 Å². The lowest BCUT2D eigenvalue weighted by Crippen LogP contribution is -2.47. The molecule has 1 aliphatic rings. The number of amides is 1. The fraction of sp³-hybridized carbons (Fsp3) is 0.261. The van der Waals surface area contributed by atoms with E-state index in [-0.39, 0.29) is 5.56 Å². The Morgan fingerprint density at radius 3 is 2.71 bits per heavy atom. The zero-order valence-electron chi connectivity index (χ0n) is 17.2. The number of hydrogen-bond acceptors (Lipinski definition) is 5. The summed E-state index contributed by atoms with van der Waals surface area (Å²) in [5.74, 6) is 1.26. The van der Waals surface area contributed by atoms with Gasteiger partial charge >= 0.3 is 6.09 Å². The average molecular weight is 420 g/mol. The van der Waals surface area contributed by atoms with Crippen LogP contribution in [0.4, 0.5) is 10.6 Å². The molecule has 2 N–H and O–H groups in total. The lowest BCUT2D eigenvalue weighted by atomic mass is 10.0. The average Bonchev–Trinajstić information content (AvgIpc) is 3.14. The van der Waals surface area contributed by atoms with Crippen molar-refractivity contribution in [2.24, 2.45) is 0 Å². The molecule has 0 saturated carbocycles. The summed E-state index contributed by atoms with van der Waals surface area (Å²) in [6.45, 7) is 3.53. The molecule has 1 fully saturated rings. The molecule has 1 aliphatic heterocycles. The number of nitrogens with zero attached hydrogens (tertiary/aromatic N) is 3. The highest BCUT2D eigenvalue weighted by molar-refractivity contribution is 5.66. The Morgan fingerprint density at radius 2 is 2.03 bits per heavy atom. The maximum atomic E-state index is 12.6. The second-order valence-electron chi connectivity index (χ2n) is 7.88. The van der Waals surface area contributed by atoms with Crippen LogP contribution in [-0.4, -0.2) is 39.4 Å². The van der Waals surface area contributed by atoms with Crippen molar-refractivity contribution < 1.29 is 14.6 Å². The van der Waals surface area contributed by atoms with Crippen molar-refractivity contribution in [3.63, 3.8) is 0 Å². The largest absolute Gasteiger partial charge is 0.489 e. The highest BCUT2D eigenvalue weighted by atomic mass is 16.5. The molecule has 160 valence electrons.